The molecule has 0 amide bonds. The van der Waals surface area contributed by atoms with Gasteiger partial charge in [-0.15, -0.1) is 0 Å². The quantitative estimate of drug-likeness (QED) is 0.799. The van der Waals surface area contributed by atoms with Gasteiger partial charge in [0.05, 0.1) is 6.07 Å². The molecule has 0 aliphatic heterocycles. The summed E-state index contributed by atoms with van der Waals surface area (Å²) in [7, 11) is 2.17. The lowest BCUT2D eigenvalue weighted by molar-refractivity contribution is 0.157. The van der Waals surface area contributed by atoms with Gasteiger partial charge >= 0.3 is 0 Å². The SMILES string of the molecule is CCC1CCC(N(C)CCC(C)(N)C#N)CC1. The summed E-state index contributed by atoms with van der Waals surface area (Å²) < 4.78 is 0. The Kier molecular flexibility index (Phi) is 5.42. The van der Waals surface area contributed by atoms with E-state index in [0.29, 0.717) is 6.04 Å². The van der Waals surface area contributed by atoms with Crippen molar-refractivity contribution in [3.8, 4) is 6.07 Å². The number of hydrogen-bond acceptors (Lipinski definition) is 3. The Morgan fingerprint density at radius 3 is 2.41 bits per heavy atom. The van der Waals surface area contributed by atoms with Crippen LogP contribution in [0, 0.1) is 17.2 Å². The molecule has 1 aliphatic carbocycles. The van der Waals surface area contributed by atoms with Crippen LogP contribution in [-0.4, -0.2) is 30.1 Å². The lowest BCUT2D eigenvalue weighted by atomic mass is 9.84. The maximum absolute atomic E-state index is 8.89. The van der Waals surface area contributed by atoms with Crippen LogP contribution in [-0.2, 0) is 0 Å². The van der Waals surface area contributed by atoms with Crippen LogP contribution in [0.15, 0.2) is 0 Å². The van der Waals surface area contributed by atoms with E-state index in [1.807, 2.05) is 6.92 Å². The first-order chi connectivity index (χ1) is 7.98. The molecule has 1 unspecified atom stereocenters. The normalized spacial score (nSPS) is 28.7. The lowest BCUT2D eigenvalue weighted by Crippen LogP contribution is -2.42. The van der Waals surface area contributed by atoms with E-state index in [9.17, 15) is 0 Å². The molecule has 98 valence electrons. The fourth-order valence-corrected chi connectivity index (χ4v) is 2.64. The second-order valence-electron chi connectivity index (χ2n) is 5.84. The topological polar surface area (TPSA) is 53.0 Å². The van der Waals surface area contributed by atoms with Gasteiger partial charge in [-0.1, -0.05) is 13.3 Å². The summed E-state index contributed by atoms with van der Waals surface area (Å²) in [5.74, 6) is 0.943. The van der Waals surface area contributed by atoms with Gasteiger partial charge in [0, 0.05) is 12.6 Å². The molecule has 0 spiro atoms. The van der Waals surface area contributed by atoms with Crippen molar-refractivity contribution in [2.24, 2.45) is 11.7 Å². The molecular weight excluding hydrogens is 210 g/mol. The van der Waals surface area contributed by atoms with Crippen molar-refractivity contribution in [3.63, 3.8) is 0 Å². The summed E-state index contributed by atoms with van der Waals surface area (Å²) in [6.45, 7) is 5.04. The first-order valence-corrected chi connectivity index (χ1v) is 6.89. The minimum Gasteiger partial charge on any atom is -0.314 e. The van der Waals surface area contributed by atoms with E-state index >= 15 is 0 Å². The molecule has 2 N–H and O–H groups in total. The smallest absolute Gasteiger partial charge is 0.102 e. The minimum absolute atomic E-state index is 0.672. The Hall–Kier alpha value is -0.590. The third kappa shape index (κ3) is 4.65. The summed E-state index contributed by atoms with van der Waals surface area (Å²) in [6.07, 6.45) is 7.43. The van der Waals surface area contributed by atoms with Gasteiger partial charge in [-0.25, -0.2) is 0 Å². The highest BCUT2D eigenvalue weighted by Gasteiger charge is 2.25. The standard InChI is InChI=1S/C14H27N3/c1-4-12-5-7-13(8-6-12)17(3)10-9-14(2,16)11-15/h12-13H,4-10,16H2,1-3H3. The molecule has 1 saturated carbocycles. The number of nitriles is 1. The fraction of sp³-hybridized carbons (Fsp3) is 0.929. The zero-order valence-electron chi connectivity index (χ0n) is 11.6. The third-order valence-corrected chi connectivity index (χ3v) is 4.26. The highest BCUT2D eigenvalue weighted by Crippen LogP contribution is 2.29. The van der Waals surface area contributed by atoms with Gasteiger partial charge in [0.15, 0.2) is 0 Å². The highest BCUT2D eigenvalue weighted by atomic mass is 15.1. The summed E-state index contributed by atoms with van der Waals surface area (Å²) >= 11 is 0. The Balaban J connectivity index is 2.30. The second-order valence-corrected chi connectivity index (χ2v) is 5.84. The molecule has 1 fully saturated rings. The first-order valence-electron chi connectivity index (χ1n) is 6.89. The number of nitrogens with two attached hydrogens (primary N) is 1. The molecule has 0 saturated heterocycles. The van der Waals surface area contributed by atoms with Crippen LogP contribution in [0.2, 0.25) is 0 Å². The van der Waals surface area contributed by atoms with Gasteiger partial charge in [-0.3, -0.25) is 0 Å². The number of nitrogens with zero attached hydrogens (tertiary/aromatic N) is 2. The van der Waals surface area contributed by atoms with E-state index in [1.54, 1.807) is 0 Å². The van der Waals surface area contributed by atoms with Crippen molar-refractivity contribution in [1.82, 2.24) is 4.90 Å². The van der Waals surface area contributed by atoms with Crippen LogP contribution in [0.5, 0.6) is 0 Å². The molecule has 1 aliphatic rings. The van der Waals surface area contributed by atoms with Crippen LogP contribution >= 0.6 is 0 Å². The largest absolute Gasteiger partial charge is 0.314 e. The minimum atomic E-state index is -0.672. The lowest BCUT2D eigenvalue weighted by Gasteiger charge is -2.35. The van der Waals surface area contributed by atoms with Crippen molar-refractivity contribution >= 4 is 0 Å². The van der Waals surface area contributed by atoms with E-state index in [1.165, 1.54) is 32.1 Å². The molecule has 0 aromatic rings. The molecule has 0 bridgehead atoms. The van der Waals surface area contributed by atoms with Gasteiger partial charge in [-0.2, -0.15) is 5.26 Å². The second kappa shape index (κ2) is 6.37. The van der Waals surface area contributed by atoms with E-state index < -0.39 is 5.54 Å². The van der Waals surface area contributed by atoms with Crippen molar-refractivity contribution in [3.05, 3.63) is 0 Å². The van der Waals surface area contributed by atoms with Crippen molar-refractivity contribution in [2.45, 2.75) is 64.0 Å². The molecule has 0 aromatic carbocycles. The Morgan fingerprint density at radius 1 is 1.35 bits per heavy atom. The van der Waals surface area contributed by atoms with Gasteiger partial charge < -0.3 is 10.6 Å². The molecule has 0 heterocycles. The summed E-state index contributed by atoms with van der Waals surface area (Å²) in [5, 5.41) is 8.89. The van der Waals surface area contributed by atoms with Crippen LogP contribution < -0.4 is 5.73 Å². The maximum Gasteiger partial charge on any atom is 0.102 e. The van der Waals surface area contributed by atoms with E-state index in [-0.39, 0.29) is 0 Å². The van der Waals surface area contributed by atoms with Gasteiger partial charge in [0.25, 0.3) is 0 Å². The van der Waals surface area contributed by atoms with Crippen molar-refractivity contribution in [2.75, 3.05) is 13.6 Å². The third-order valence-electron chi connectivity index (χ3n) is 4.26. The summed E-state index contributed by atoms with van der Waals surface area (Å²) in [6, 6.07) is 2.87. The average Bonchev–Trinajstić information content (AvgIpc) is 2.36. The van der Waals surface area contributed by atoms with Crippen molar-refractivity contribution < 1.29 is 0 Å². The fourth-order valence-electron chi connectivity index (χ4n) is 2.64. The Bertz CT molecular complexity index is 259. The van der Waals surface area contributed by atoms with Crippen LogP contribution in [0.1, 0.15) is 52.4 Å². The van der Waals surface area contributed by atoms with Gasteiger partial charge in [-0.05, 0) is 52.0 Å². The molecule has 17 heavy (non-hydrogen) atoms. The summed E-state index contributed by atoms with van der Waals surface area (Å²) in [5.41, 5.74) is 5.18. The zero-order chi connectivity index (χ0) is 12.9. The van der Waals surface area contributed by atoms with E-state index in [2.05, 4.69) is 24.9 Å². The molecule has 1 atom stereocenters. The monoisotopic (exact) mass is 237 g/mol. The van der Waals surface area contributed by atoms with E-state index in [0.717, 1.165) is 18.9 Å². The number of rotatable bonds is 5. The van der Waals surface area contributed by atoms with Gasteiger partial charge in [0.1, 0.15) is 5.54 Å². The molecule has 0 aromatic heterocycles. The van der Waals surface area contributed by atoms with E-state index in [4.69, 9.17) is 11.0 Å². The number of hydrogen-bond donors (Lipinski definition) is 1. The van der Waals surface area contributed by atoms with Crippen LogP contribution in [0.4, 0.5) is 0 Å². The van der Waals surface area contributed by atoms with Crippen LogP contribution in [0.25, 0.3) is 0 Å². The van der Waals surface area contributed by atoms with Crippen molar-refractivity contribution in [1.29, 1.82) is 5.26 Å². The van der Waals surface area contributed by atoms with Gasteiger partial charge in [0.2, 0.25) is 0 Å². The average molecular weight is 237 g/mol. The van der Waals surface area contributed by atoms with Crippen LogP contribution in [0.3, 0.4) is 0 Å². The molecule has 1 rings (SSSR count). The Morgan fingerprint density at radius 2 is 1.94 bits per heavy atom. The zero-order valence-corrected chi connectivity index (χ0v) is 11.6. The first kappa shape index (κ1) is 14.5. The molecule has 0 radical (unpaired) electrons. The molecule has 3 nitrogen and oxygen atoms in total. The predicted octanol–water partition coefficient (Wildman–Crippen LogP) is 2.52. The molecular formula is C14H27N3. The summed E-state index contributed by atoms with van der Waals surface area (Å²) in [4.78, 5) is 2.40. The molecule has 3 heteroatoms. The highest BCUT2D eigenvalue weighted by molar-refractivity contribution is 5.01. The Labute approximate surface area is 106 Å². The maximum atomic E-state index is 8.89. The predicted molar refractivity (Wildman–Crippen MR) is 71.5 cm³/mol.